The molecule has 1 aromatic heterocycles. The van der Waals surface area contributed by atoms with Gasteiger partial charge in [0.05, 0.1) is 42.9 Å². The Morgan fingerprint density at radius 2 is 1.68 bits per heavy atom. The van der Waals surface area contributed by atoms with E-state index in [2.05, 4.69) is 63.2 Å². The van der Waals surface area contributed by atoms with Gasteiger partial charge < -0.3 is 24.8 Å². The summed E-state index contributed by atoms with van der Waals surface area (Å²) in [6, 6.07) is 14.2. The average molecular weight is 853 g/mol. The standard InChI is InChI=1S/C48H52N8O7/c1-5-28-25-33-34(48(2,3)44-42(43(33)59)31-10-9-29(49-4)26-36(31)51-44)27-38(28)54-17-13-30(14-18-54)53-19-21-55(22-20-53)40(58)15-23-63-24-16-50-35-8-6-7-32-41(35)47(62)56(46(32)61)37-11-12-39(57)52-45(37)60/h6-10,25-27,30,37,50-51H,5,11-24H2,1-3H3,(H,52,57,60). The number of rotatable bonds is 11. The number of imide groups is 2. The first kappa shape index (κ1) is 42.0. The Hall–Kier alpha value is -6.37. The summed E-state index contributed by atoms with van der Waals surface area (Å²) in [5, 5.41) is 6.24. The third-order valence-corrected chi connectivity index (χ3v) is 13.8. The molecule has 0 saturated carbocycles. The van der Waals surface area contributed by atoms with Crippen LogP contribution in [-0.2, 0) is 31.0 Å². The first-order valence-corrected chi connectivity index (χ1v) is 22.1. The van der Waals surface area contributed by atoms with E-state index in [9.17, 15) is 28.8 Å². The van der Waals surface area contributed by atoms with E-state index >= 15 is 0 Å². The lowest BCUT2D eigenvalue weighted by atomic mass is 9.70. The van der Waals surface area contributed by atoms with Crippen molar-refractivity contribution in [2.75, 3.05) is 69.2 Å². The van der Waals surface area contributed by atoms with E-state index in [4.69, 9.17) is 11.3 Å². The molecule has 0 radical (unpaired) electrons. The van der Waals surface area contributed by atoms with E-state index in [1.807, 2.05) is 17.0 Å². The number of fused-ring (bicyclic) bond motifs is 5. The summed E-state index contributed by atoms with van der Waals surface area (Å²) < 4.78 is 5.79. The molecule has 63 heavy (non-hydrogen) atoms. The zero-order chi connectivity index (χ0) is 44.2. The molecule has 3 saturated heterocycles. The van der Waals surface area contributed by atoms with Crippen LogP contribution in [0.4, 0.5) is 17.1 Å². The number of aromatic amines is 1. The molecule has 4 aromatic rings. The van der Waals surface area contributed by atoms with Crippen molar-refractivity contribution in [3.8, 4) is 0 Å². The van der Waals surface area contributed by atoms with Gasteiger partial charge in [0.1, 0.15) is 6.04 Å². The molecule has 3 N–H and O–H groups in total. The molecule has 9 rings (SSSR count). The number of carbonyl (C=O) groups excluding carboxylic acids is 6. The maximum atomic E-state index is 14.1. The van der Waals surface area contributed by atoms with Gasteiger partial charge in [-0.1, -0.05) is 39.0 Å². The second-order valence-corrected chi connectivity index (χ2v) is 17.7. The van der Waals surface area contributed by atoms with E-state index in [1.165, 1.54) is 11.3 Å². The number of amides is 5. The van der Waals surface area contributed by atoms with E-state index in [0.717, 1.165) is 78.1 Å². The molecule has 1 unspecified atom stereocenters. The van der Waals surface area contributed by atoms with E-state index in [-0.39, 0.29) is 55.3 Å². The molecule has 3 aromatic carbocycles. The lowest BCUT2D eigenvalue weighted by molar-refractivity contribution is -0.136. The van der Waals surface area contributed by atoms with Crippen LogP contribution in [0, 0.1) is 6.57 Å². The molecule has 1 atom stereocenters. The van der Waals surface area contributed by atoms with Crippen molar-refractivity contribution in [1.82, 2.24) is 25.0 Å². The van der Waals surface area contributed by atoms with Gasteiger partial charge in [0.2, 0.25) is 17.7 Å². The Balaban J connectivity index is 0.733. The van der Waals surface area contributed by atoms with Crippen LogP contribution in [0.15, 0.2) is 48.5 Å². The second kappa shape index (κ2) is 16.7. The van der Waals surface area contributed by atoms with Crippen LogP contribution in [0.5, 0.6) is 0 Å². The highest BCUT2D eigenvalue weighted by Gasteiger charge is 2.46. The molecular formula is C48H52N8O7. The first-order chi connectivity index (χ1) is 30.4. The van der Waals surface area contributed by atoms with E-state index in [1.54, 1.807) is 24.3 Å². The summed E-state index contributed by atoms with van der Waals surface area (Å²) in [6.07, 6.45) is 3.26. The molecule has 5 heterocycles. The molecule has 1 aliphatic carbocycles. The number of carbonyl (C=O) groups is 6. The zero-order valence-electron chi connectivity index (χ0n) is 36.0. The molecular weight excluding hydrogens is 801 g/mol. The average Bonchev–Trinajstić information content (AvgIpc) is 3.81. The van der Waals surface area contributed by atoms with Crippen LogP contribution in [0.3, 0.4) is 0 Å². The number of nitrogens with zero attached hydrogens (tertiary/aromatic N) is 5. The van der Waals surface area contributed by atoms with Gasteiger partial charge in [-0.05, 0) is 67.1 Å². The van der Waals surface area contributed by atoms with Crippen LogP contribution in [0.2, 0.25) is 0 Å². The SMILES string of the molecule is [C-]#[N+]c1ccc2c3c([nH]c2c1)C(C)(C)c1cc(N2CCC(N4CCN(C(=O)CCOCCNc5cccc6c5C(=O)N(C5CCC(=O)NC5=O)C6=O)CC4)CC2)c(CC)cc1C3=O. The summed E-state index contributed by atoms with van der Waals surface area (Å²) in [4.78, 5) is 92.8. The van der Waals surface area contributed by atoms with Gasteiger partial charge in [-0.3, -0.25) is 43.9 Å². The van der Waals surface area contributed by atoms with Gasteiger partial charge in [0, 0.05) is 97.2 Å². The number of aromatic nitrogens is 1. The topological polar surface area (TPSA) is 169 Å². The Morgan fingerprint density at radius 1 is 0.905 bits per heavy atom. The molecule has 0 bridgehead atoms. The molecule has 5 aliphatic rings. The quantitative estimate of drug-likeness (QED) is 0.104. The fourth-order valence-electron chi connectivity index (χ4n) is 10.3. The molecule has 0 spiro atoms. The number of nitrogens with one attached hydrogen (secondary N) is 3. The maximum absolute atomic E-state index is 14.1. The zero-order valence-corrected chi connectivity index (χ0v) is 36.0. The lowest BCUT2D eigenvalue weighted by Gasteiger charge is -2.44. The van der Waals surface area contributed by atoms with Crippen molar-refractivity contribution in [1.29, 1.82) is 0 Å². The lowest BCUT2D eigenvalue weighted by Crippen LogP contribution is -2.54. The second-order valence-electron chi connectivity index (χ2n) is 17.7. The molecule has 4 aliphatic heterocycles. The Bertz CT molecular complexity index is 2610. The summed E-state index contributed by atoms with van der Waals surface area (Å²) in [7, 11) is 0. The van der Waals surface area contributed by atoms with Crippen molar-refractivity contribution in [2.45, 2.75) is 76.8 Å². The minimum atomic E-state index is -1.03. The monoisotopic (exact) mass is 852 g/mol. The number of aryl methyl sites for hydroxylation is 1. The minimum Gasteiger partial charge on any atom is -0.382 e. The number of piperidine rings is 2. The highest BCUT2D eigenvalue weighted by molar-refractivity contribution is 6.25. The fourth-order valence-corrected chi connectivity index (χ4v) is 10.3. The van der Waals surface area contributed by atoms with E-state index in [0.29, 0.717) is 42.6 Å². The first-order valence-electron chi connectivity index (χ1n) is 22.1. The fraction of sp³-hybridized carbons (Fsp3) is 0.438. The number of benzene rings is 3. The van der Waals surface area contributed by atoms with Crippen molar-refractivity contribution in [2.24, 2.45) is 0 Å². The highest BCUT2D eigenvalue weighted by Crippen LogP contribution is 2.46. The summed E-state index contributed by atoms with van der Waals surface area (Å²) >= 11 is 0. The molecule has 15 heteroatoms. The van der Waals surface area contributed by atoms with Crippen molar-refractivity contribution < 1.29 is 33.5 Å². The summed E-state index contributed by atoms with van der Waals surface area (Å²) in [5.41, 5.74) is 7.57. The number of ketones is 1. The number of piperazine rings is 1. The van der Waals surface area contributed by atoms with Crippen LogP contribution in [0.1, 0.15) is 106 Å². The summed E-state index contributed by atoms with van der Waals surface area (Å²) in [5.74, 6) is -2.11. The van der Waals surface area contributed by atoms with Crippen LogP contribution in [-0.4, -0.2) is 126 Å². The van der Waals surface area contributed by atoms with Gasteiger partial charge in [0.25, 0.3) is 11.8 Å². The largest absolute Gasteiger partial charge is 0.382 e. The number of ether oxygens (including phenoxy) is 1. The Labute approximate surface area is 365 Å². The molecule has 5 amide bonds. The molecule has 3 fully saturated rings. The predicted molar refractivity (Wildman–Crippen MR) is 236 cm³/mol. The van der Waals surface area contributed by atoms with Gasteiger partial charge in [-0.25, -0.2) is 4.85 Å². The number of hydrogen-bond donors (Lipinski definition) is 3. The Morgan fingerprint density at radius 3 is 2.41 bits per heavy atom. The molecule has 326 valence electrons. The third kappa shape index (κ3) is 7.44. The van der Waals surface area contributed by atoms with Crippen molar-refractivity contribution >= 4 is 63.3 Å². The van der Waals surface area contributed by atoms with Gasteiger partial charge in [-0.2, -0.15) is 0 Å². The van der Waals surface area contributed by atoms with Crippen LogP contribution < -0.4 is 15.5 Å². The summed E-state index contributed by atoms with van der Waals surface area (Å²) in [6.45, 7) is 19.6. The van der Waals surface area contributed by atoms with Gasteiger partial charge in [-0.15, -0.1) is 0 Å². The third-order valence-electron chi connectivity index (χ3n) is 13.8. The van der Waals surface area contributed by atoms with Crippen molar-refractivity contribution in [3.63, 3.8) is 0 Å². The number of H-pyrrole nitrogens is 1. The molecule has 15 nitrogen and oxygen atoms in total. The number of anilines is 2. The maximum Gasteiger partial charge on any atom is 0.264 e. The predicted octanol–water partition coefficient (Wildman–Crippen LogP) is 5.18. The Kier molecular flexibility index (Phi) is 11.1. The van der Waals surface area contributed by atoms with Crippen molar-refractivity contribution in [3.05, 3.63) is 99.0 Å². The normalized spacial score (nSPS) is 20.1. The van der Waals surface area contributed by atoms with Crippen LogP contribution >= 0.6 is 0 Å². The van der Waals surface area contributed by atoms with E-state index < -0.39 is 35.1 Å². The van der Waals surface area contributed by atoms with Gasteiger partial charge >= 0.3 is 0 Å². The minimum absolute atomic E-state index is 0.0362. The van der Waals surface area contributed by atoms with Gasteiger partial charge in [0.15, 0.2) is 11.5 Å². The smallest absolute Gasteiger partial charge is 0.264 e. The van der Waals surface area contributed by atoms with Crippen LogP contribution in [0.25, 0.3) is 15.7 Å². The highest BCUT2D eigenvalue weighted by atomic mass is 16.5. The number of hydrogen-bond acceptors (Lipinski definition) is 10.